The van der Waals surface area contributed by atoms with Gasteiger partial charge in [-0.05, 0) is 24.5 Å². The third-order valence-electron chi connectivity index (χ3n) is 3.51. The van der Waals surface area contributed by atoms with Crippen molar-refractivity contribution in [2.24, 2.45) is 5.92 Å². The first-order valence-corrected chi connectivity index (χ1v) is 6.50. The van der Waals surface area contributed by atoms with E-state index in [9.17, 15) is 4.79 Å². The molecule has 0 unspecified atom stereocenters. The number of benzene rings is 1. The molecule has 0 bridgehead atoms. The van der Waals surface area contributed by atoms with E-state index in [-0.39, 0.29) is 0 Å². The summed E-state index contributed by atoms with van der Waals surface area (Å²) in [5.74, 6) is 1.48. The second kappa shape index (κ2) is 6.43. The Morgan fingerprint density at radius 2 is 1.94 bits per heavy atom. The Morgan fingerprint density at radius 1 is 1.18 bits per heavy atom. The SMILES string of the molecule is O=[C]c1ccccc1OCCC1CCCCC1. The molecule has 2 nitrogen and oxygen atoms in total. The van der Waals surface area contributed by atoms with Crippen molar-refractivity contribution in [2.45, 2.75) is 38.5 Å². The fourth-order valence-electron chi connectivity index (χ4n) is 2.49. The smallest absolute Gasteiger partial charge is 0.237 e. The topological polar surface area (TPSA) is 26.3 Å². The average molecular weight is 231 g/mol. The Balaban J connectivity index is 1.79. The Kier molecular flexibility index (Phi) is 4.60. The van der Waals surface area contributed by atoms with Crippen LogP contribution in [0.15, 0.2) is 24.3 Å². The summed E-state index contributed by atoms with van der Waals surface area (Å²) in [5, 5.41) is 0. The molecule has 1 saturated carbocycles. The van der Waals surface area contributed by atoms with Gasteiger partial charge in [0, 0.05) is 0 Å². The van der Waals surface area contributed by atoms with Gasteiger partial charge in [0.2, 0.25) is 6.29 Å². The summed E-state index contributed by atoms with van der Waals surface area (Å²) >= 11 is 0. The summed E-state index contributed by atoms with van der Waals surface area (Å²) in [6.45, 7) is 0.712. The number of rotatable bonds is 5. The zero-order chi connectivity index (χ0) is 11.9. The van der Waals surface area contributed by atoms with Crippen molar-refractivity contribution >= 4 is 6.29 Å². The highest BCUT2D eigenvalue weighted by atomic mass is 16.5. The molecule has 1 aromatic rings. The number of carbonyl (C=O) groups excluding carboxylic acids is 1. The van der Waals surface area contributed by atoms with Gasteiger partial charge in [0.1, 0.15) is 5.75 Å². The minimum Gasteiger partial charge on any atom is -0.493 e. The van der Waals surface area contributed by atoms with Crippen LogP contribution in [0.25, 0.3) is 0 Å². The van der Waals surface area contributed by atoms with E-state index in [4.69, 9.17) is 4.74 Å². The first kappa shape index (κ1) is 12.2. The van der Waals surface area contributed by atoms with E-state index in [1.807, 2.05) is 24.5 Å². The van der Waals surface area contributed by atoms with Crippen molar-refractivity contribution in [3.8, 4) is 5.75 Å². The van der Waals surface area contributed by atoms with Gasteiger partial charge in [0.25, 0.3) is 0 Å². The minimum absolute atomic E-state index is 0.524. The normalized spacial score (nSPS) is 16.7. The molecule has 0 spiro atoms. The Hall–Kier alpha value is -1.31. The molecular weight excluding hydrogens is 212 g/mol. The van der Waals surface area contributed by atoms with Gasteiger partial charge in [-0.3, -0.25) is 4.79 Å². The number of hydrogen-bond donors (Lipinski definition) is 0. The summed E-state index contributed by atoms with van der Waals surface area (Å²) in [5.41, 5.74) is 0.524. The van der Waals surface area contributed by atoms with Crippen LogP contribution in [0, 0.1) is 5.92 Å². The maximum atomic E-state index is 10.7. The highest BCUT2D eigenvalue weighted by Gasteiger charge is 2.13. The number of para-hydroxylation sites is 1. The van der Waals surface area contributed by atoms with Crippen LogP contribution in [0.1, 0.15) is 44.1 Å². The highest BCUT2D eigenvalue weighted by molar-refractivity contribution is 5.79. The summed E-state index contributed by atoms with van der Waals surface area (Å²) in [6, 6.07) is 7.29. The first-order valence-electron chi connectivity index (χ1n) is 6.50. The summed E-state index contributed by atoms with van der Waals surface area (Å²) in [7, 11) is 0. The van der Waals surface area contributed by atoms with Crippen LogP contribution >= 0.6 is 0 Å². The van der Waals surface area contributed by atoms with Gasteiger partial charge >= 0.3 is 0 Å². The molecule has 0 aliphatic heterocycles. The van der Waals surface area contributed by atoms with E-state index >= 15 is 0 Å². The second-order valence-electron chi connectivity index (χ2n) is 4.74. The number of ether oxygens (including phenoxy) is 1. The molecule has 91 valence electrons. The zero-order valence-corrected chi connectivity index (χ0v) is 10.2. The van der Waals surface area contributed by atoms with Crippen LogP contribution < -0.4 is 4.74 Å². The molecule has 0 saturated heterocycles. The van der Waals surface area contributed by atoms with Crippen molar-refractivity contribution in [3.63, 3.8) is 0 Å². The van der Waals surface area contributed by atoms with E-state index in [0.29, 0.717) is 17.9 Å². The van der Waals surface area contributed by atoms with Crippen molar-refractivity contribution in [2.75, 3.05) is 6.61 Å². The monoisotopic (exact) mass is 231 g/mol. The van der Waals surface area contributed by atoms with E-state index in [2.05, 4.69) is 0 Å². The van der Waals surface area contributed by atoms with Crippen LogP contribution in [0.3, 0.4) is 0 Å². The Bertz CT molecular complexity index is 354. The molecule has 1 aliphatic carbocycles. The lowest BCUT2D eigenvalue weighted by Crippen LogP contribution is -2.11. The summed E-state index contributed by atoms with van der Waals surface area (Å²) in [4.78, 5) is 10.7. The molecule has 0 amide bonds. The molecule has 1 radical (unpaired) electrons. The molecule has 0 heterocycles. The predicted octanol–water partition coefficient (Wildman–Crippen LogP) is 3.49. The van der Waals surface area contributed by atoms with E-state index in [1.165, 1.54) is 32.1 Å². The fourth-order valence-corrected chi connectivity index (χ4v) is 2.49. The Morgan fingerprint density at radius 3 is 2.71 bits per heavy atom. The number of hydrogen-bond acceptors (Lipinski definition) is 2. The lowest BCUT2D eigenvalue weighted by Gasteiger charge is -2.21. The fraction of sp³-hybridized carbons (Fsp3) is 0.533. The van der Waals surface area contributed by atoms with Crippen molar-refractivity contribution in [3.05, 3.63) is 29.8 Å². The predicted molar refractivity (Wildman–Crippen MR) is 67.9 cm³/mol. The molecular formula is C15H19O2. The van der Waals surface area contributed by atoms with Crippen LogP contribution in [0.5, 0.6) is 5.75 Å². The lowest BCUT2D eigenvalue weighted by molar-refractivity contribution is 0.246. The molecule has 0 atom stereocenters. The second-order valence-corrected chi connectivity index (χ2v) is 4.74. The van der Waals surface area contributed by atoms with Gasteiger partial charge in [-0.15, -0.1) is 0 Å². The summed E-state index contributed by atoms with van der Waals surface area (Å²) < 4.78 is 5.67. The van der Waals surface area contributed by atoms with Gasteiger partial charge in [-0.1, -0.05) is 44.2 Å². The average Bonchev–Trinajstić information content (AvgIpc) is 2.40. The van der Waals surface area contributed by atoms with Gasteiger partial charge in [0.05, 0.1) is 12.2 Å². The molecule has 1 aromatic carbocycles. The maximum Gasteiger partial charge on any atom is 0.237 e. The first-order chi connectivity index (χ1) is 8.40. The lowest BCUT2D eigenvalue weighted by atomic mass is 9.87. The third kappa shape index (κ3) is 3.58. The van der Waals surface area contributed by atoms with Crippen molar-refractivity contribution < 1.29 is 9.53 Å². The van der Waals surface area contributed by atoms with Crippen LogP contribution in [-0.2, 0) is 4.79 Å². The third-order valence-corrected chi connectivity index (χ3v) is 3.51. The van der Waals surface area contributed by atoms with Crippen molar-refractivity contribution in [1.29, 1.82) is 0 Å². The van der Waals surface area contributed by atoms with Gasteiger partial charge in [0.15, 0.2) is 0 Å². The van der Waals surface area contributed by atoms with Crippen molar-refractivity contribution in [1.82, 2.24) is 0 Å². The molecule has 2 rings (SSSR count). The molecule has 0 N–H and O–H groups in total. The van der Waals surface area contributed by atoms with Gasteiger partial charge < -0.3 is 4.74 Å². The standard InChI is InChI=1S/C15H19O2/c16-12-14-8-4-5-9-15(14)17-11-10-13-6-2-1-3-7-13/h4-5,8-9,13H,1-3,6-7,10-11H2. The van der Waals surface area contributed by atoms with Gasteiger partial charge in [-0.25, -0.2) is 0 Å². The molecule has 1 fully saturated rings. The van der Waals surface area contributed by atoms with Crippen LogP contribution in [-0.4, -0.2) is 12.9 Å². The van der Waals surface area contributed by atoms with Crippen LogP contribution in [0.4, 0.5) is 0 Å². The van der Waals surface area contributed by atoms with Crippen LogP contribution in [0.2, 0.25) is 0 Å². The van der Waals surface area contributed by atoms with E-state index in [0.717, 1.165) is 12.3 Å². The molecule has 1 aliphatic rings. The largest absolute Gasteiger partial charge is 0.493 e. The Labute approximate surface area is 103 Å². The zero-order valence-electron chi connectivity index (χ0n) is 10.2. The molecule has 0 aromatic heterocycles. The van der Waals surface area contributed by atoms with Gasteiger partial charge in [-0.2, -0.15) is 0 Å². The van der Waals surface area contributed by atoms with E-state index in [1.54, 1.807) is 6.07 Å². The molecule has 2 heteroatoms. The molecule has 17 heavy (non-hydrogen) atoms. The minimum atomic E-state index is 0.524. The quantitative estimate of drug-likeness (QED) is 0.775. The van der Waals surface area contributed by atoms with E-state index < -0.39 is 0 Å². The summed E-state index contributed by atoms with van der Waals surface area (Å²) in [6.07, 6.45) is 9.81. The highest BCUT2D eigenvalue weighted by Crippen LogP contribution is 2.26. The maximum absolute atomic E-state index is 10.7.